The number of nitrogen functional groups attached to an aromatic ring is 2. The minimum Gasteiger partial charge on any atom is -0.395 e. The molecule has 0 saturated carbocycles. The number of unbranched alkanes of at least 4 members (excludes halogenated alkanes) is 1. The zero-order chi connectivity index (χ0) is 22.9. The standard InChI is InChI=1S/C24H36N6O2/c1-3-4-8-27-17-21-20-6-5-19(16-22(20)28-24(26)23(21)25)30-11-9-29(10-12-30)13-15-32-14-7-18(2)31/h5-6,16-17H,3-4,7-15,25H2,1-2H3,(H2,26,28). The molecule has 0 bridgehead atoms. The molecule has 0 atom stereocenters. The number of hydrogen-bond acceptors (Lipinski definition) is 8. The maximum Gasteiger partial charge on any atom is 0.148 e. The van der Waals surface area contributed by atoms with Gasteiger partial charge in [0.15, 0.2) is 0 Å². The van der Waals surface area contributed by atoms with Gasteiger partial charge in [0.05, 0.1) is 24.4 Å². The van der Waals surface area contributed by atoms with Gasteiger partial charge in [-0.2, -0.15) is 0 Å². The molecule has 2 heterocycles. The lowest BCUT2D eigenvalue weighted by atomic mass is 10.1. The van der Waals surface area contributed by atoms with Crippen LogP contribution in [0.5, 0.6) is 0 Å². The zero-order valence-corrected chi connectivity index (χ0v) is 19.3. The van der Waals surface area contributed by atoms with Crippen molar-refractivity contribution in [3.05, 3.63) is 23.8 Å². The van der Waals surface area contributed by atoms with Gasteiger partial charge in [-0.05, 0) is 25.5 Å². The second-order valence-electron chi connectivity index (χ2n) is 8.31. The topological polar surface area (TPSA) is 110 Å². The molecule has 2 aromatic rings. The van der Waals surface area contributed by atoms with Crippen LogP contribution in [-0.2, 0) is 9.53 Å². The number of pyridine rings is 1. The first-order valence-electron chi connectivity index (χ1n) is 11.5. The predicted molar refractivity (Wildman–Crippen MR) is 133 cm³/mol. The summed E-state index contributed by atoms with van der Waals surface area (Å²) in [5, 5.41) is 0.974. The van der Waals surface area contributed by atoms with Crippen LogP contribution in [0.25, 0.3) is 10.9 Å². The molecule has 1 fully saturated rings. The number of anilines is 3. The molecule has 1 saturated heterocycles. The number of nitrogens with two attached hydrogens (primary N) is 2. The number of carbonyl (C=O) groups excluding carboxylic acids is 1. The maximum absolute atomic E-state index is 11.0. The first-order chi connectivity index (χ1) is 15.5. The first kappa shape index (κ1) is 23.9. The Morgan fingerprint density at radius 2 is 2.00 bits per heavy atom. The minimum atomic E-state index is 0.170. The highest BCUT2D eigenvalue weighted by Gasteiger charge is 2.18. The lowest BCUT2D eigenvalue weighted by Gasteiger charge is -2.36. The Morgan fingerprint density at radius 3 is 2.72 bits per heavy atom. The van der Waals surface area contributed by atoms with E-state index in [2.05, 4.69) is 44.9 Å². The van der Waals surface area contributed by atoms with Crippen molar-refractivity contribution in [2.24, 2.45) is 4.99 Å². The van der Waals surface area contributed by atoms with E-state index in [1.54, 1.807) is 6.92 Å². The Kier molecular flexibility index (Phi) is 8.81. The molecule has 174 valence electrons. The monoisotopic (exact) mass is 440 g/mol. The van der Waals surface area contributed by atoms with Crippen LogP contribution < -0.4 is 16.4 Å². The third kappa shape index (κ3) is 6.40. The van der Waals surface area contributed by atoms with Gasteiger partial charge < -0.3 is 21.1 Å². The number of aromatic nitrogens is 1. The predicted octanol–water partition coefficient (Wildman–Crippen LogP) is 2.74. The maximum atomic E-state index is 11.0. The van der Waals surface area contributed by atoms with Crippen LogP contribution >= 0.6 is 0 Å². The minimum absolute atomic E-state index is 0.170. The van der Waals surface area contributed by atoms with E-state index in [9.17, 15) is 4.79 Å². The third-order valence-corrected chi connectivity index (χ3v) is 5.83. The highest BCUT2D eigenvalue weighted by atomic mass is 16.5. The number of nitrogens with zero attached hydrogens (tertiary/aromatic N) is 4. The second kappa shape index (κ2) is 11.8. The molecule has 0 unspecified atom stereocenters. The zero-order valence-electron chi connectivity index (χ0n) is 19.3. The van der Waals surface area contributed by atoms with Gasteiger partial charge in [-0.15, -0.1) is 0 Å². The van der Waals surface area contributed by atoms with Gasteiger partial charge in [0.1, 0.15) is 11.6 Å². The number of carbonyl (C=O) groups is 1. The fourth-order valence-electron chi connectivity index (χ4n) is 3.80. The van der Waals surface area contributed by atoms with Crippen molar-refractivity contribution in [1.29, 1.82) is 0 Å². The summed E-state index contributed by atoms with van der Waals surface area (Å²) in [6, 6.07) is 6.29. The number of Topliss-reactive ketones (excluding diaryl/α,β-unsaturated/α-hetero) is 1. The number of hydrogen-bond donors (Lipinski definition) is 2. The molecule has 8 nitrogen and oxygen atoms in total. The second-order valence-corrected chi connectivity index (χ2v) is 8.31. The van der Waals surface area contributed by atoms with Gasteiger partial charge in [0.2, 0.25) is 0 Å². The molecule has 0 spiro atoms. The van der Waals surface area contributed by atoms with Gasteiger partial charge >= 0.3 is 0 Å². The molecule has 3 rings (SSSR count). The molecule has 0 radical (unpaired) electrons. The Morgan fingerprint density at radius 1 is 1.22 bits per heavy atom. The van der Waals surface area contributed by atoms with Gasteiger partial charge in [-0.3, -0.25) is 14.7 Å². The SMILES string of the molecule is CCCCN=Cc1c(N)c(N)nc2cc(N3CCN(CCOCCC(C)=O)CC3)ccc12. The van der Waals surface area contributed by atoms with E-state index < -0.39 is 0 Å². The Balaban J connectivity index is 1.62. The molecule has 32 heavy (non-hydrogen) atoms. The van der Waals surface area contributed by atoms with Crippen LogP contribution in [0.4, 0.5) is 17.2 Å². The van der Waals surface area contributed by atoms with Crippen molar-refractivity contribution in [2.45, 2.75) is 33.1 Å². The van der Waals surface area contributed by atoms with Crippen molar-refractivity contribution in [3.63, 3.8) is 0 Å². The Bertz CT molecular complexity index is 938. The molecule has 1 aliphatic heterocycles. The van der Waals surface area contributed by atoms with E-state index >= 15 is 0 Å². The van der Waals surface area contributed by atoms with Crippen LogP contribution in [0.15, 0.2) is 23.2 Å². The molecule has 8 heteroatoms. The van der Waals surface area contributed by atoms with Crippen molar-refractivity contribution in [2.75, 3.05) is 68.8 Å². The average molecular weight is 441 g/mol. The lowest BCUT2D eigenvalue weighted by Crippen LogP contribution is -2.47. The summed E-state index contributed by atoms with van der Waals surface area (Å²) >= 11 is 0. The van der Waals surface area contributed by atoms with E-state index in [0.29, 0.717) is 31.1 Å². The normalized spacial score (nSPS) is 15.1. The number of rotatable bonds is 11. The first-order valence-corrected chi connectivity index (χ1v) is 11.5. The quantitative estimate of drug-likeness (QED) is 0.408. The smallest absolute Gasteiger partial charge is 0.148 e. The van der Waals surface area contributed by atoms with E-state index in [1.807, 2.05) is 6.21 Å². The van der Waals surface area contributed by atoms with Crippen molar-refractivity contribution in [3.8, 4) is 0 Å². The summed E-state index contributed by atoms with van der Waals surface area (Å²) in [5.41, 5.74) is 15.6. The molecule has 4 N–H and O–H groups in total. The van der Waals surface area contributed by atoms with Crippen LogP contribution in [0.1, 0.15) is 38.7 Å². The van der Waals surface area contributed by atoms with E-state index in [1.165, 1.54) is 0 Å². The summed E-state index contributed by atoms with van der Waals surface area (Å²) in [7, 11) is 0. The van der Waals surface area contributed by atoms with Crippen LogP contribution in [-0.4, -0.2) is 74.4 Å². The summed E-state index contributed by atoms with van der Waals surface area (Å²) in [5.74, 6) is 0.519. The molecular formula is C24H36N6O2. The summed E-state index contributed by atoms with van der Waals surface area (Å²) in [6.07, 6.45) is 4.49. The highest BCUT2D eigenvalue weighted by Crippen LogP contribution is 2.29. The van der Waals surface area contributed by atoms with E-state index in [4.69, 9.17) is 16.2 Å². The van der Waals surface area contributed by atoms with Gasteiger partial charge in [-0.25, -0.2) is 4.98 Å². The largest absolute Gasteiger partial charge is 0.395 e. The molecule has 1 aromatic carbocycles. The number of piperazine rings is 1. The average Bonchev–Trinajstić information content (AvgIpc) is 2.78. The third-order valence-electron chi connectivity index (χ3n) is 5.83. The van der Waals surface area contributed by atoms with E-state index in [-0.39, 0.29) is 5.78 Å². The summed E-state index contributed by atoms with van der Waals surface area (Å²) in [4.78, 5) is 24.8. The summed E-state index contributed by atoms with van der Waals surface area (Å²) in [6.45, 7) is 10.4. The fraction of sp³-hybridized carbons (Fsp3) is 0.542. The fourth-order valence-corrected chi connectivity index (χ4v) is 3.80. The van der Waals surface area contributed by atoms with Crippen molar-refractivity contribution < 1.29 is 9.53 Å². The van der Waals surface area contributed by atoms with Crippen molar-refractivity contribution >= 4 is 40.1 Å². The van der Waals surface area contributed by atoms with Crippen molar-refractivity contribution in [1.82, 2.24) is 9.88 Å². The van der Waals surface area contributed by atoms with Crippen LogP contribution in [0, 0.1) is 0 Å². The van der Waals surface area contributed by atoms with Gasteiger partial charge in [-0.1, -0.05) is 19.4 Å². The van der Waals surface area contributed by atoms with Crippen LogP contribution in [0.2, 0.25) is 0 Å². The van der Waals surface area contributed by atoms with Gasteiger partial charge in [0, 0.05) is 68.5 Å². The highest BCUT2D eigenvalue weighted by molar-refractivity contribution is 6.06. The molecule has 1 aromatic heterocycles. The molecule has 0 amide bonds. The lowest BCUT2D eigenvalue weighted by molar-refractivity contribution is -0.118. The number of benzene rings is 1. The molecule has 0 aliphatic carbocycles. The Hall–Kier alpha value is -2.71. The van der Waals surface area contributed by atoms with Crippen LogP contribution in [0.3, 0.4) is 0 Å². The molecular weight excluding hydrogens is 404 g/mol. The van der Waals surface area contributed by atoms with Gasteiger partial charge in [0.25, 0.3) is 0 Å². The molecule has 1 aliphatic rings. The number of ether oxygens (including phenoxy) is 1. The number of fused-ring (bicyclic) bond motifs is 1. The summed E-state index contributed by atoms with van der Waals surface area (Å²) < 4.78 is 5.56. The van der Waals surface area contributed by atoms with E-state index in [0.717, 1.165) is 74.3 Å². The number of ketones is 1. The number of aliphatic imine (C=N–C) groups is 1. The Labute approximate surface area is 190 Å².